The van der Waals surface area contributed by atoms with Gasteiger partial charge in [-0.15, -0.1) is 0 Å². The molecule has 1 aromatic rings. The lowest BCUT2D eigenvalue weighted by atomic mass is 9.79. The fraction of sp³-hybridized carbons (Fsp3) is 0.533. The largest absolute Gasteiger partial charge is 0.495 e. The van der Waals surface area contributed by atoms with Crippen LogP contribution in [0.2, 0.25) is 0 Å². The van der Waals surface area contributed by atoms with Crippen molar-refractivity contribution in [2.24, 2.45) is 5.41 Å². The number of amides is 1. The SMILES string of the molecule is CCC(CC)(CC)C(=O)Nc1ccccc1OC. The number of anilines is 1. The van der Waals surface area contributed by atoms with E-state index in [2.05, 4.69) is 26.1 Å². The summed E-state index contributed by atoms with van der Waals surface area (Å²) in [5, 5.41) is 2.99. The van der Waals surface area contributed by atoms with Gasteiger partial charge in [0.05, 0.1) is 12.8 Å². The molecule has 0 saturated carbocycles. The summed E-state index contributed by atoms with van der Waals surface area (Å²) in [7, 11) is 1.61. The third-order valence-corrected chi connectivity index (χ3v) is 3.87. The Balaban J connectivity index is 2.93. The highest BCUT2D eigenvalue weighted by Gasteiger charge is 2.33. The molecule has 0 bridgehead atoms. The molecule has 0 atom stereocenters. The van der Waals surface area contributed by atoms with Crippen molar-refractivity contribution in [3.8, 4) is 5.75 Å². The molecule has 0 heterocycles. The highest BCUT2D eigenvalue weighted by Crippen LogP contribution is 2.33. The van der Waals surface area contributed by atoms with Crippen LogP contribution >= 0.6 is 0 Å². The molecule has 18 heavy (non-hydrogen) atoms. The van der Waals surface area contributed by atoms with E-state index in [4.69, 9.17) is 4.74 Å². The van der Waals surface area contributed by atoms with Gasteiger partial charge in [-0.3, -0.25) is 4.79 Å². The molecule has 1 N–H and O–H groups in total. The molecule has 1 rings (SSSR count). The number of carbonyl (C=O) groups excluding carboxylic acids is 1. The summed E-state index contributed by atoms with van der Waals surface area (Å²) in [6.07, 6.45) is 2.54. The molecule has 0 spiro atoms. The van der Waals surface area contributed by atoms with Crippen molar-refractivity contribution in [2.75, 3.05) is 12.4 Å². The summed E-state index contributed by atoms with van der Waals surface area (Å²) < 4.78 is 5.25. The lowest BCUT2D eigenvalue weighted by Crippen LogP contribution is -2.34. The summed E-state index contributed by atoms with van der Waals surface area (Å²) in [5.74, 6) is 0.780. The Hall–Kier alpha value is -1.51. The number of rotatable bonds is 6. The fourth-order valence-electron chi connectivity index (χ4n) is 2.23. The second-order valence-corrected chi connectivity index (χ2v) is 4.50. The highest BCUT2D eigenvalue weighted by atomic mass is 16.5. The molecule has 0 aliphatic rings. The van der Waals surface area contributed by atoms with Gasteiger partial charge in [0.25, 0.3) is 0 Å². The molecule has 1 amide bonds. The van der Waals surface area contributed by atoms with E-state index < -0.39 is 0 Å². The number of hydrogen-bond donors (Lipinski definition) is 1. The number of hydrogen-bond acceptors (Lipinski definition) is 2. The number of ether oxygens (including phenoxy) is 1. The van der Waals surface area contributed by atoms with Gasteiger partial charge in [0, 0.05) is 5.41 Å². The molecule has 0 fully saturated rings. The van der Waals surface area contributed by atoms with Gasteiger partial charge in [-0.25, -0.2) is 0 Å². The molecule has 0 unspecified atom stereocenters. The van der Waals surface area contributed by atoms with Crippen LogP contribution in [0.25, 0.3) is 0 Å². The molecule has 3 heteroatoms. The Morgan fingerprint density at radius 1 is 1.17 bits per heavy atom. The van der Waals surface area contributed by atoms with Crippen LogP contribution in [0.15, 0.2) is 24.3 Å². The van der Waals surface area contributed by atoms with E-state index in [0.717, 1.165) is 24.9 Å². The van der Waals surface area contributed by atoms with Crippen molar-refractivity contribution in [3.63, 3.8) is 0 Å². The molecule has 1 aromatic carbocycles. The Morgan fingerprint density at radius 2 is 1.72 bits per heavy atom. The summed E-state index contributed by atoms with van der Waals surface area (Å²) in [4.78, 5) is 12.4. The first-order valence-electron chi connectivity index (χ1n) is 6.58. The Bertz CT molecular complexity index is 389. The third-order valence-electron chi connectivity index (χ3n) is 3.87. The minimum absolute atomic E-state index is 0.0829. The quantitative estimate of drug-likeness (QED) is 0.831. The number of nitrogens with one attached hydrogen (secondary N) is 1. The molecule has 0 aliphatic heterocycles. The average molecular weight is 249 g/mol. The van der Waals surface area contributed by atoms with E-state index in [1.54, 1.807) is 7.11 Å². The highest BCUT2D eigenvalue weighted by molar-refractivity contribution is 5.96. The molecule has 0 aromatic heterocycles. The zero-order valence-corrected chi connectivity index (χ0v) is 11.7. The van der Waals surface area contributed by atoms with Gasteiger partial charge in [-0.1, -0.05) is 32.9 Å². The van der Waals surface area contributed by atoms with Crippen molar-refractivity contribution in [1.82, 2.24) is 0 Å². The zero-order chi connectivity index (χ0) is 13.6. The lowest BCUT2D eigenvalue weighted by molar-refractivity contribution is -0.126. The lowest BCUT2D eigenvalue weighted by Gasteiger charge is -2.29. The molecule has 3 nitrogen and oxygen atoms in total. The molecule has 0 radical (unpaired) electrons. The maximum Gasteiger partial charge on any atom is 0.230 e. The zero-order valence-electron chi connectivity index (χ0n) is 11.7. The minimum atomic E-state index is -0.277. The Labute approximate surface area is 110 Å². The number of para-hydroxylation sites is 2. The van der Waals surface area contributed by atoms with Gasteiger partial charge < -0.3 is 10.1 Å². The van der Waals surface area contributed by atoms with E-state index >= 15 is 0 Å². The van der Waals surface area contributed by atoms with Gasteiger partial charge in [0.15, 0.2) is 0 Å². The minimum Gasteiger partial charge on any atom is -0.495 e. The van der Waals surface area contributed by atoms with Crippen LogP contribution in [0, 0.1) is 5.41 Å². The van der Waals surface area contributed by atoms with Crippen LogP contribution in [-0.2, 0) is 4.79 Å². The predicted octanol–water partition coefficient (Wildman–Crippen LogP) is 3.85. The van der Waals surface area contributed by atoms with Gasteiger partial charge in [-0.2, -0.15) is 0 Å². The van der Waals surface area contributed by atoms with E-state index in [1.165, 1.54) is 0 Å². The van der Waals surface area contributed by atoms with Gasteiger partial charge in [0.2, 0.25) is 5.91 Å². The average Bonchev–Trinajstić information content (AvgIpc) is 2.42. The van der Waals surface area contributed by atoms with Crippen LogP contribution in [0.3, 0.4) is 0 Å². The fourth-order valence-corrected chi connectivity index (χ4v) is 2.23. The standard InChI is InChI=1S/C15H23NO2/c1-5-15(6-2,7-3)14(17)16-12-10-8-9-11-13(12)18-4/h8-11H,5-7H2,1-4H3,(H,16,17). The second kappa shape index (κ2) is 6.43. The molecule has 100 valence electrons. The topological polar surface area (TPSA) is 38.3 Å². The predicted molar refractivity (Wildman–Crippen MR) is 74.9 cm³/mol. The van der Waals surface area contributed by atoms with E-state index in [9.17, 15) is 4.79 Å². The smallest absolute Gasteiger partial charge is 0.230 e. The monoisotopic (exact) mass is 249 g/mol. The van der Waals surface area contributed by atoms with Crippen molar-refractivity contribution >= 4 is 11.6 Å². The van der Waals surface area contributed by atoms with Crippen LogP contribution in [0.5, 0.6) is 5.75 Å². The normalized spacial score (nSPS) is 11.1. The number of carbonyl (C=O) groups is 1. The third kappa shape index (κ3) is 2.84. The molecule has 0 aliphatic carbocycles. The van der Waals surface area contributed by atoms with Crippen molar-refractivity contribution in [1.29, 1.82) is 0 Å². The van der Waals surface area contributed by atoms with Crippen LogP contribution in [0.1, 0.15) is 40.0 Å². The van der Waals surface area contributed by atoms with E-state index in [-0.39, 0.29) is 11.3 Å². The van der Waals surface area contributed by atoms with Crippen molar-refractivity contribution in [3.05, 3.63) is 24.3 Å². The summed E-state index contributed by atoms with van der Waals surface area (Å²) in [6, 6.07) is 7.49. The van der Waals surface area contributed by atoms with Gasteiger partial charge in [-0.05, 0) is 31.4 Å². The number of methoxy groups -OCH3 is 1. The molecular weight excluding hydrogens is 226 g/mol. The van der Waals surface area contributed by atoms with Crippen molar-refractivity contribution < 1.29 is 9.53 Å². The maximum atomic E-state index is 12.4. The van der Waals surface area contributed by atoms with E-state index in [0.29, 0.717) is 5.75 Å². The van der Waals surface area contributed by atoms with Gasteiger partial charge in [0.1, 0.15) is 5.75 Å². The Morgan fingerprint density at radius 3 is 2.22 bits per heavy atom. The van der Waals surface area contributed by atoms with Crippen LogP contribution in [-0.4, -0.2) is 13.0 Å². The summed E-state index contributed by atoms with van der Waals surface area (Å²) in [6.45, 7) is 6.19. The Kier molecular flexibility index (Phi) is 5.20. The van der Waals surface area contributed by atoms with Crippen LogP contribution < -0.4 is 10.1 Å². The first-order chi connectivity index (χ1) is 8.63. The maximum absolute atomic E-state index is 12.4. The first-order valence-corrected chi connectivity index (χ1v) is 6.58. The molecule has 0 saturated heterocycles. The van der Waals surface area contributed by atoms with E-state index in [1.807, 2.05) is 24.3 Å². The number of benzene rings is 1. The van der Waals surface area contributed by atoms with Crippen LogP contribution in [0.4, 0.5) is 5.69 Å². The van der Waals surface area contributed by atoms with Crippen molar-refractivity contribution in [2.45, 2.75) is 40.0 Å². The second-order valence-electron chi connectivity index (χ2n) is 4.50. The molecular formula is C15H23NO2. The van der Waals surface area contributed by atoms with Gasteiger partial charge >= 0.3 is 0 Å². The summed E-state index contributed by atoms with van der Waals surface area (Å²) >= 11 is 0. The first kappa shape index (κ1) is 14.6. The summed E-state index contributed by atoms with van der Waals surface area (Å²) in [5.41, 5.74) is 0.464.